The summed E-state index contributed by atoms with van der Waals surface area (Å²) in [6, 6.07) is 4.77. The number of carbonyl (C=O) groups excluding carboxylic acids is 2. The molecule has 2 rings (SSSR count). The molecular weight excluding hydrogens is 266 g/mol. The number of likely N-dealkylation sites (N-methyl/N-ethyl adjacent to an activating group) is 1. The minimum absolute atomic E-state index is 0.0635. The lowest BCUT2D eigenvalue weighted by atomic mass is 10.1. The summed E-state index contributed by atoms with van der Waals surface area (Å²) >= 11 is 5.88. The van der Waals surface area contributed by atoms with Crippen molar-refractivity contribution in [3.63, 3.8) is 0 Å². The Hall–Kier alpha value is -1.75. The van der Waals surface area contributed by atoms with Crippen LogP contribution in [0.1, 0.15) is 16.8 Å². The van der Waals surface area contributed by atoms with Gasteiger partial charge in [0, 0.05) is 30.8 Å². The molecule has 0 atom stereocenters. The number of anilines is 1. The first-order valence-corrected chi connectivity index (χ1v) is 6.45. The molecule has 1 aliphatic rings. The molecule has 0 aromatic heterocycles. The standard InChI is InChI=1S/C13H16ClN3O2/c1-16-5-2-6-17(8-12(16)18)13(19)10-7-9(14)3-4-11(10)15/h3-4,7H,2,5-6,8,15H2,1H3. The predicted molar refractivity (Wildman–Crippen MR) is 74.0 cm³/mol. The van der Waals surface area contributed by atoms with Gasteiger partial charge in [-0.3, -0.25) is 9.59 Å². The Bertz CT molecular complexity index is 519. The van der Waals surface area contributed by atoms with Gasteiger partial charge in [-0.2, -0.15) is 0 Å². The van der Waals surface area contributed by atoms with E-state index < -0.39 is 0 Å². The molecule has 0 bridgehead atoms. The second-order valence-corrected chi connectivity index (χ2v) is 5.06. The largest absolute Gasteiger partial charge is 0.398 e. The first-order valence-electron chi connectivity index (χ1n) is 6.07. The summed E-state index contributed by atoms with van der Waals surface area (Å²) in [5.41, 5.74) is 6.52. The first kappa shape index (κ1) is 13.7. The van der Waals surface area contributed by atoms with Gasteiger partial charge in [0.15, 0.2) is 0 Å². The Kier molecular flexibility index (Phi) is 3.95. The van der Waals surface area contributed by atoms with Crippen LogP contribution in [0.5, 0.6) is 0 Å². The summed E-state index contributed by atoms with van der Waals surface area (Å²) in [6.07, 6.45) is 0.758. The molecule has 2 amide bonds. The summed E-state index contributed by atoms with van der Waals surface area (Å²) in [5.74, 6) is -0.310. The monoisotopic (exact) mass is 281 g/mol. The van der Waals surface area contributed by atoms with Gasteiger partial charge in [0.1, 0.15) is 6.54 Å². The highest BCUT2D eigenvalue weighted by Gasteiger charge is 2.24. The summed E-state index contributed by atoms with van der Waals surface area (Å²) in [6.45, 7) is 1.29. The lowest BCUT2D eigenvalue weighted by molar-refractivity contribution is -0.129. The van der Waals surface area contributed by atoms with E-state index in [0.29, 0.717) is 29.4 Å². The Balaban J connectivity index is 2.23. The highest BCUT2D eigenvalue weighted by Crippen LogP contribution is 2.20. The highest BCUT2D eigenvalue weighted by molar-refractivity contribution is 6.31. The topological polar surface area (TPSA) is 66.6 Å². The maximum atomic E-state index is 12.4. The number of benzene rings is 1. The van der Waals surface area contributed by atoms with Gasteiger partial charge in [0.2, 0.25) is 5.91 Å². The number of rotatable bonds is 1. The van der Waals surface area contributed by atoms with E-state index in [2.05, 4.69) is 0 Å². The highest BCUT2D eigenvalue weighted by atomic mass is 35.5. The molecule has 0 aliphatic carbocycles. The van der Waals surface area contributed by atoms with E-state index in [-0.39, 0.29) is 18.4 Å². The van der Waals surface area contributed by atoms with E-state index >= 15 is 0 Å². The van der Waals surface area contributed by atoms with Crippen molar-refractivity contribution in [3.8, 4) is 0 Å². The summed E-state index contributed by atoms with van der Waals surface area (Å²) in [5, 5.41) is 0.454. The second kappa shape index (κ2) is 5.48. The van der Waals surface area contributed by atoms with Crippen LogP contribution in [0.3, 0.4) is 0 Å². The third-order valence-electron chi connectivity index (χ3n) is 3.21. The Morgan fingerprint density at radius 3 is 2.84 bits per heavy atom. The Labute approximate surface area is 116 Å². The Morgan fingerprint density at radius 1 is 1.37 bits per heavy atom. The number of nitrogens with two attached hydrogens (primary N) is 1. The van der Waals surface area contributed by atoms with Gasteiger partial charge in [-0.05, 0) is 24.6 Å². The molecule has 19 heavy (non-hydrogen) atoms. The number of nitrogen functional groups attached to an aromatic ring is 1. The number of nitrogens with zero attached hydrogens (tertiary/aromatic N) is 2. The van der Waals surface area contributed by atoms with E-state index in [9.17, 15) is 9.59 Å². The summed E-state index contributed by atoms with van der Waals surface area (Å²) in [4.78, 5) is 27.3. The van der Waals surface area contributed by atoms with Crippen molar-refractivity contribution in [1.29, 1.82) is 0 Å². The fourth-order valence-corrected chi connectivity index (χ4v) is 2.22. The van der Waals surface area contributed by atoms with Gasteiger partial charge in [-0.25, -0.2) is 0 Å². The summed E-state index contributed by atoms with van der Waals surface area (Å²) in [7, 11) is 1.74. The normalized spacial score (nSPS) is 16.4. The zero-order valence-electron chi connectivity index (χ0n) is 10.7. The first-order chi connectivity index (χ1) is 8.99. The van der Waals surface area contributed by atoms with Crippen LogP contribution in [0.15, 0.2) is 18.2 Å². The smallest absolute Gasteiger partial charge is 0.256 e. The van der Waals surface area contributed by atoms with E-state index in [4.69, 9.17) is 17.3 Å². The predicted octanol–water partition coefficient (Wildman–Crippen LogP) is 1.23. The zero-order chi connectivity index (χ0) is 14.0. The molecule has 102 valence electrons. The fraction of sp³-hybridized carbons (Fsp3) is 0.385. The van der Waals surface area contributed by atoms with Crippen molar-refractivity contribution >= 4 is 29.1 Å². The fourth-order valence-electron chi connectivity index (χ4n) is 2.04. The lowest BCUT2D eigenvalue weighted by Crippen LogP contribution is -2.38. The zero-order valence-corrected chi connectivity index (χ0v) is 11.5. The van der Waals surface area contributed by atoms with Crippen LogP contribution >= 0.6 is 11.6 Å². The van der Waals surface area contributed by atoms with Crippen LogP contribution in [0.2, 0.25) is 5.02 Å². The molecule has 0 saturated carbocycles. The number of carbonyl (C=O) groups is 2. The molecule has 5 nitrogen and oxygen atoms in total. The average Bonchev–Trinajstić information content (AvgIpc) is 2.54. The van der Waals surface area contributed by atoms with Crippen molar-refractivity contribution in [2.75, 3.05) is 32.4 Å². The third kappa shape index (κ3) is 2.98. The van der Waals surface area contributed by atoms with Crippen molar-refractivity contribution in [3.05, 3.63) is 28.8 Å². The molecular formula is C13H16ClN3O2. The van der Waals surface area contributed by atoms with E-state index in [1.165, 1.54) is 11.0 Å². The molecule has 2 N–H and O–H groups in total. The number of hydrogen-bond donors (Lipinski definition) is 1. The van der Waals surface area contributed by atoms with E-state index in [1.807, 2.05) is 0 Å². The summed E-state index contributed by atoms with van der Waals surface area (Å²) < 4.78 is 0. The molecule has 0 unspecified atom stereocenters. The van der Waals surface area contributed by atoms with Gasteiger partial charge in [-0.1, -0.05) is 11.6 Å². The molecule has 0 radical (unpaired) electrons. The molecule has 1 saturated heterocycles. The molecule has 1 aromatic rings. The lowest BCUT2D eigenvalue weighted by Gasteiger charge is -2.20. The molecule has 1 aliphatic heterocycles. The number of halogens is 1. The maximum Gasteiger partial charge on any atom is 0.256 e. The number of hydrogen-bond acceptors (Lipinski definition) is 3. The van der Waals surface area contributed by atoms with Crippen LogP contribution in [0, 0.1) is 0 Å². The minimum atomic E-state index is -0.247. The minimum Gasteiger partial charge on any atom is -0.398 e. The van der Waals surface area contributed by atoms with E-state index in [0.717, 1.165) is 6.42 Å². The van der Waals surface area contributed by atoms with Crippen LogP contribution in [-0.2, 0) is 4.79 Å². The van der Waals surface area contributed by atoms with Gasteiger partial charge in [0.05, 0.1) is 5.56 Å². The van der Waals surface area contributed by atoms with Crippen molar-refractivity contribution in [1.82, 2.24) is 9.80 Å². The molecule has 6 heteroatoms. The molecule has 1 fully saturated rings. The number of amides is 2. The molecule has 0 spiro atoms. The van der Waals surface area contributed by atoms with Crippen molar-refractivity contribution in [2.24, 2.45) is 0 Å². The maximum absolute atomic E-state index is 12.4. The molecule has 1 aromatic carbocycles. The third-order valence-corrected chi connectivity index (χ3v) is 3.44. The van der Waals surface area contributed by atoms with Crippen LogP contribution in [-0.4, -0.2) is 48.3 Å². The van der Waals surface area contributed by atoms with Crippen LogP contribution < -0.4 is 5.73 Å². The second-order valence-electron chi connectivity index (χ2n) is 4.63. The van der Waals surface area contributed by atoms with Gasteiger partial charge < -0.3 is 15.5 Å². The molecule has 1 heterocycles. The Morgan fingerprint density at radius 2 is 2.11 bits per heavy atom. The average molecular weight is 282 g/mol. The van der Waals surface area contributed by atoms with Gasteiger partial charge >= 0.3 is 0 Å². The van der Waals surface area contributed by atoms with Crippen LogP contribution in [0.4, 0.5) is 5.69 Å². The quantitative estimate of drug-likeness (QED) is 0.787. The van der Waals surface area contributed by atoms with Gasteiger partial charge in [0.25, 0.3) is 5.91 Å². The van der Waals surface area contributed by atoms with E-state index in [1.54, 1.807) is 24.1 Å². The SMILES string of the molecule is CN1CCCN(C(=O)c2cc(Cl)ccc2N)CC1=O. The van der Waals surface area contributed by atoms with Gasteiger partial charge in [-0.15, -0.1) is 0 Å². The van der Waals surface area contributed by atoms with Crippen molar-refractivity contribution < 1.29 is 9.59 Å². The van der Waals surface area contributed by atoms with Crippen LogP contribution in [0.25, 0.3) is 0 Å². The van der Waals surface area contributed by atoms with Crippen molar-refractivity contribution in [2.45, 2.75) is 6.42 Å².